The number of morpholine rings is 1. The van der Waals surface area contributed by atoms with E-state index < -0.39 is 0 Å². The first-order valence-corrected chi connectivity index (χ1v) is 8.88. The van der Waals surface area contributed by atoms with Crippen LogP contribution in [0.3, 0.4) is 0 Å². The highest BCUT2D eigenvalue weighted by atomic mass is 16.5. The van der Waals surface area contributed by atoms with Crippen LogP contribution >= 0.6 is 0 Å². The quantitative estimate of drug-likeness (QED) is 0.874. The lowest BCUT2D eigenvalue weighted by atomic mass is 10.1. The molecule has 1 N–H and O–H groups in total. The normalized spacial score (nSPS) is 16.7. The lowest BCUT2D eigenvalue weighted by Crippen LogP contribution is -2.43. The third-order valence-corrected chi connectivity index (χ3v) is 4.49. The van der Waals surface area contributed by atoms with Crippen LogP contribution in [0.4, 0.5) is 4.79 Å². The smallest absolute Gasteiger partial charge is 0.317 e. The lowest BCUT2D eigenvalue weighted by Gasteiger charge is -2.29. The van der Waals surface area contributed by atoms with E-state index in [2.05, 4.69) is 17.1 Å². The number of carbonyl (C=O) groups is 1. The van der Waals surface area contributed by atoms with E-state index >= 15 is 0 Å². The largest absolute Gasteiger partial charge is 0.459 e. The molecule has 1 saturated heterocycles. The molecule has 0 radical (unpaired) electrons. The molecule has 1 aliphatic rings. The molecule has 1 aromatic heterocycles. The van der Waals surface area contributed by atoms with Crippen LogP contribution in [0.15, 0.2) is 34.7 Å². The van der Waals surface area contributed by atoms with E-state index in [9.17, 15) is 4.79 Å². The van der Waals surface area contributed by atoms with Crippen molar-refractivity contribution in [2.45, 2.75) is 13.5 Å². The molecule has 6 nitrogen and oxygen atoms in total. The Balaban J connectivity index is 1.43. The standard InChI is InChI=1S/C19H27N3O3/c1-15(13-22-7-9-24-10-8-22)12-20-19(23)21(2)14-17-11-16-5-3-4-6-18(16)25-17/h3-6,11,15H,7-10,12-14H2,1-2H3,(H,20,23)/t15-/m0/s1. The Morgan fingerprint density at radius 2 is 2.08 bits per heavy atom. The number of amides is 2. The van der Waals surface area contributed by atoms with Crippen LogP contribution in [0, 0.1) is 5.92 Å². The molecule has 1 atom stereocenters. The molecular formula is C19H27N3O3. The average Bonchev–Trinajstić information content (AvgIpc) is 3.02. The molecule has 2 amide bonds. The predicted molar refractivity (Wildman–Crippen MR) is 97.5 cm³/mol. The van der Waals surface area contributed by atoms with Crippen molar-refractivity contribution in [2.75, 3.05) is 46.4 Å². The summed E-state index contributed by atoms with van der Waals surface area (Å²) in [4.78, 5) is 16.3. The average molecular weight is 345 g/mol. The van der Waals surface area contributed by atoms with E-state index in [4.69, 9.17) is 9.15 Å². The predicted octanol–water partition coefficient (Wildman–Crippen LogP) is 2.54. The van der Waals surface area contributed by atoms with Gasteiger partial charge >= 0.3 is 6.03 Å². The lowest BCUT2D eigenvalue weighted by molar-refractivity contribution is 0.0319. The maximum absolute atomic E-state index is 12.3. The van der Waals surface area contributed by atoms with Gasteiger partial charge in [-0.1, -0.05) is 25.1 Å². The Morgan fingerprint density at radius 3 is 2.84 bits per heavy atom. The third-order valence-electron chi connectivity index (χ3n) is 4.49. The van der Waals surface area contributed by atoms with Gasteiger partial charge in [0.25, 0.3) is 0 Å². The molecule has 2 heterocycles. The van der Waals surface area contributed by atoms with Crippen LogP contribution in [0.2, 0.25) is 0 Å². The van der Waals surface area contributed by atoms with E-state index in [0.29, 0.717) is 19.0 Å². The number of rotatable bonds is 6. The van der Waals surface area contributed by atoms with Gasteiger partial charge in [0.1, 0.15) is 11.3 Å². The van der Waals surface area contributed by atoms with Gasteiger partial charge in [0.2, 0.25) is 0 Å². The zero-order valence-corrected chi connectivity index (χ0v) is 15.0. The van der Waals surface area contributed by atoms with Crippen molar-refractivity contribution in [3.8, 4) is 0 Å². The third kappa shape index (κ3) is 4.96. The summed E-state index contributed by atoms with van der Waals surface area (Å²) in [5, 5.41) is 4.07. The molecular weight excluding hydrogens is 318 g/mol. The number of hydrogen-bond donors (Lipinski definition) is 1. The highest BCUT2D eigenvalue weighted by molar-refractivity contribution is 5.78. The molecule has 2 aromatic rings. The van der Waals surface area contributed by atoms with Gasteiger partial charge in [-0.3, -0.25) is 4.90 Å². The maximum atomic E-state index is 12.3. The van der Waals surface area contributed by atoms with Crippen molar-refractivity contribution in [3.63, 3.8) is 0 Å². The number of nitrogens with one attached hydrogen (secondary N) is 1. The second-order valence-corrected chi connectivity index (χ2v) is 6.81. The number of urea groups is 1. The van der Waals surface area contributed by atoms with Crippen molar-refractivity contribution in [2.24, 2.45) is 5.92 Å². The Labute approximate surface area is 148 Å². The van der Waals surface area contributed by atoms with Crippen LogP contribution in [0.25, 0.3) is 11.0 Å². The summed E-state index contributed by atoms with van der Waals surface area (Å²) < 4.78 is 11.1. The molecule has 1 aliphatic heterocycles. The first-order valence-electron chi connectivity index (χ1n) is 8.88. The Hall–Kier alpha value is -2.05. The first kappa shape index (κ1) is 17.8. The number of hydrogen-bond acceptors (Lipinski definition) is 4. The monoisotopic (exact) mass is 345 g/mol. The molecule has 0 spiro atoms. The zero-order chi connectivity index (χ0) is 17.6. The highest BCUT2D eigenvalue weighted by Gasteiger charge is 2.16. The number of ether oxygens (including phenoxy) is 1. The van der Waals surface area contributed by atoms with Crippen LogP contribution in [0.5, 0.6) is 0 Å². The number of carbonyl (C=O) groups excluding carboxylic acids is 1. The number of fused-ring (bicyclic) bond motifs is 1. The van der Waals surface area contributed by atoms with Gasteiger partial charge in [-0.05, 0) is 18.1 Å². The fraction of sp³-hybridized carbons (Fsp3) is 0.526. The van der Waals surface area contributed by atoms with Crippen LogP contribution < -0.4 is 5.32 Å². The summed E-state index contributed by atoms with van der Waals surface area (Å²) in [5.74, 6) is 1.20. The molecule has 6 heteroatoms. The van der Waals surface area contributed by atoms with Crippen molar-refractivity contribution in [1.82, 2.24) is 15.1 Å². The molecule has 3 rings (SSSR count). The van der Waals surface area contributed by atoms with Crippen LogP contribution in [-0.4, -0.2) is 62.3 Å². The Morgan fingerprint density at radius 1 is 1.32 bits per heavy atom. The Kier molecular flexibility index (Phi) is 5.94. The minimum absolute atomic E-state index is 0.0747. The van der Waals surface area contributed by atoms with E-state index in [0.717, 1.165) is 49.6 Å². The second-order valence-electron chi connectivity index (χ2n) is 6.81. The minimum atomic E-state index is -0.0747. The van der Waals surface area contributed by atoms with Gasteiger partial charge in [0.05, 0.1) is 19.8 Å². The molecule has 1 fully saturated rings. The summed E-state index contributed by atoms with van der Waals surface area (Å²) in [6.45, 7) is 7.83. The second kappa shape index (κ2) is 8.36. The fourth-order valence-corrected chi connectivity index (χ4v) is 3.11. The van der Waals surface area contributed by atoms with Gasteiger partial charge in [-0.2, -0.15) is 0 Å². The van der Waals surface area contributed by atoms with Gasteiger partial charge in [0, 0.05) is 38.6 Å². The number of nitrogens with zero attached hydrogens (tertiary/aromatic N) is 2. The molecule has 0 unspecified atom stereocenters. The number of para-hydroxylation sites is 1. The van der Waals surface area contributed by atoms with Crippen molar-refractivity contribution in [3.05, 3.63) is 36.1 Å². The van der Waals surface area contributed by atoms with E-state index in [-0.39, 0.29) is 6.03 Å². The number of benzene rings is 1. The fourth-order valence-electron chi connectivity index (χ4n) is 3.11. The molecule has 136 valence electrons. The van der Waals surface area contributed by atoms with Crippen LogP contribution in [-0.2, 0) is 11.3 Å². The summed E-state index contributed by atoms with van der Waals surface area (Å²) in [5.41, 5.74) is 0.852. The van der Waals surface area contributed by atoms with Crippen molar-refractivity contribution >= 4 is 17.0 Å². The molecule has 0 saturated carbocycles. The summed E-state index contributed by atoms with van der Waals surface area (Å²) in [7, 11) is 1.79. The summed E-state index contributed by atoms with van der Waals surface area (Å²) in [6.07, 6.45) is 0. The SMILES string of the molecule is C[C@@H](CNC(=O)N(C)Cc1cc2ccccc2o1)CN1CCOCC1. The maximum Gasteiger partial charge on any atom is 0.317 e. The summed E-state index contributed by atoms with van der Waals surface area (Å²) >= 11 is 0. The summed E-state index contributed by atoms with van der Waals surface area (Å²) in [6, 6.07) is 9.78. The zero-order valence-electron chi connectivity index (χ0n) is 15.0. The van der Waals surface area contributed by atoms with E-state index in [1.807, 2.05) is 30.3 Å². The topological polar surface area (TPSA) is 58.0 Å². The van der Waals surface area contributed by atoms with Crippen molar-refractivity contribution in [1.29, 1.82) is 0 Å². The highest BCUT2D eigenvalue weighted by Crippen LogP contribution is 2.19. The van der Waals surface area contributed by atoms with E-state index in [1.54, 1.807) is 11.9 Å². The van der Waals surface area contributed by atoms with Gasteiger partial charge in [-0.15, -0.1) is 0 Å². The molecule has 25 heavy (non-hydrogen) atoms. The van der Waals surface area contributed by atoms with Crippen LogP contribution in [0.1, 0.15) is 12.7 Å². The molecule has 0 bridgehead atoms. The van der Waals surface area contributed by atoms with E-state index in [1.165, 1.54) is 0 Å². The number of furan rings is 1. The molecule has 1 aromatic carbocycles. The molecule has 0 aliphatic carbocycles. The van der Waals surface area contributed by atoms with Crippen molar-refractivity contribution < 1.29 is 13.9 Å². The van der Waals surface area contributed by atoms with Gasteiger partial charge in [-0.25, -0.2) is 4.79 Å². The van der Waals surface area contributed by atoms with Gasteiger partial charge < -0.3 is 19.4 Å². The minimum Gasteiger partial charge on any atom is -0.459 e. The Bertz CT molecular complexity index is 661. The van der Waals surface area contributed by atoms with Gasteiger partial charge in [0.15, 0.2) is 0 Å². The first-order chi connectivity index (χ1) is 12.1.